The van der Waals surface area contributed by atoms with Crippen LogP contribution in [0.15, 0.2) is 23.6 Å². The van der Waals surface area contributed by atoms with Crippen LogP contribution in [0.1, 0.15) is 17.4 Å². The number of carbonyl (C=O) groups is 1. The molecule has 1 fully saturated rings. The number of hydrogen-bond acceptors (Lipinski definition) is 5. The highest BCUT2D eigenvalue weighted by atomic mass is 32.1. The molecular formula is C15H12F2N4OS. The molecule has 0 radical (unpaired) electrons. The predicted molar refractivity (Wildman–Crippen MR) is 81.4 cm³/mol. The van der Waals surface area contributed by atoms with E-state index in [1.54, 1.807) is 17.2 Å². The van der Waals surface area contributed by atoms with E-state index in [0.29, 0.717) is 18.2 Å². The normalized spacial score (nSPS) is 15.7. The first-order valence-electron chi connectivity index (χ1n) is 6.78. The fourth-order valence-corrected chi connectivity index (χ4v) is 3.06. The predicted octanol–water partition coefficient (Wildman–Crippen LogP) is 3.15. The number of nitrogens with zero attached hydrogens (tertiary/aromatic N) is 3. The number of likely N-dealkylation sites (tertiary alicyclic amines) is 1. The number of nitrogens with one attached hydrogen (secondary N) is 1. The van der Waals surface area contributed by atoms with Crippen LogP contribution in [0.25, 0.3) is 0 Å². The van der Waals surface area contributed by atoms with Crippen LogP contribution in [0, 0.1) is 28.4 Å². The van der Waals surface area contributed by atoms with E-state index in [0.717, 1.165) is 29.5 Å². The Morgan fingerprint density at radius 1 is 1.39 bits per heavy atom. The van der Waals surface area contributed by atoms with Gasteiger partial charge >= 0.3 is 0 Å². The molecular weight excluding hydrogens is 322 g/mol. The number of amides is 1. The van der Waals surface area contributed by atoms with E-state index in [1.807, 2.05) is 0 Å². The summed E-state index contributed by atoms with van der Waals surface area (Å²) in [6.07, 6.45) is 0. The fourth-order valence-electron chi connectivity index (χ4n) is 2.35. The van der Waals surface area contributed by atoms with E-state index >= 15 is 0 Å². The van der Waals surface area contributed by atoms with Crippen molar-refractivity contribution in [1.29, 1.82) is 5.26 Å². The topological polar surface area (TPSA) is 69.0 Å². The summed E-state index contributed by atoms with van der Waals surface area (Å²) < 4.78 is 26.3. The zero-order valence-corrected chi connectivity index (χ0v) is 13.0. The monoisotopic (exact) mass is 334 g/mol. The summed E-state index contributed by atoms with van der Waals surface area (Å²) in [7, 11) is 0. The number of benzene rings is 1. The van der Waals surface area contributed by atoms with Gasteiger partial charge in [-0.3, -0.25) is 4.79 Å². The Kier molecular flexibility index (Phi) is 3.74. The lowest BCUT2D eigenvalue weighted by Crippen LogP contribution is -2.56. The molecule has 1 aliphatic rings. The highest BCUT2D eigenvalue weighted by molar-refractivity contribution is 7.14. The molecule has 1 N–H and O–H groups in total. The van der Waals surface area contributed by atoms with Gasteiger partial charge in [0.2, 0.25) is 0 Å². The molecule has 1 aliphatic heterocycles. The summed E-state index contributed by atoms with van der Waals surface area (Å²) in [5.41, 5.74) is -0.0301. The number of hydrogen-bond donors (Lipinski definition) is 1. The van der Waals surface area contributed by atoms with E-state index in [2.05, 4.69) is 16.4 Å². The first kappa shape index (κ1) is 15.4. The lowest BCUT2D eigenvalue weighted by atomic mass is 9.83. The summed E-state index contributed by atoms with van der Waals surface area (Å²) >= 11 is 1.16. The van der Waals surface area contributed by atoms with E-state index < -0.39 is 17.0 Å². The maximum Gasteiger partial charge on any atom is 0.273 e. The minimum absolute atomic E-state index is 0.219. The highest BCUT2D eigenvalue weighted by Crippen LogP contribution is 2.31. The highest BCUT2D eigenvalue weighted by Gasteiger charge is 2.42. The first-order chi connectivity index (χ1) is 10.9. The van der Waals surface area contributed by atoms with Crippen LogP contribution in [0.4, 0.5) is 19.6 Å². The largest absolute Gasteiger partial charge is 0.334 e. The average Bonchev–Trinajstić information content (AvgIpc) is 2.90. The molecule has 0 saturated carbocycles. The second-order valence-electron chi connectivity index (χ2n) is 5.65. The fraction of sp³-hybridized carbons (Fsp3) is 0.267. The number of thiazole rings is 1. The summed E-state index contributed by atoms with van der Waals surface area (Å²) in [5.74, 6) is -1.65. The molecule has 1 amide bonds. The number of carbonyl (C=O) groups excluding carboxylic acids is 1. The van der Waals surface area contributed by atoms with Crippen molar-refractivity contribution in [1.82, 2.24) is 9.88 Å². The zero-order valence-electron chi connectivity index (χ0n) is 12.1. The van der Waals surface area contributed by atoms with Crippen LogP contribution in [-0.2, 0) is 0 Å². The Hall–Kier alpha value is -2.53. The Labute approximate surface area is 135 Å². The maximum absolute atomic E-state index is 13.1. The van der Waals surface area contributed by atoms with Gasteiger partial charge in [-0.2, -0.15) is 5.26 Å². The van der Waals surface area contributed by atoms with Crippen molar-refractivity contribution in [2.45, 2.75) is 6.92 Å². The van der Waals surface area contributed by atoms with Gasteiger partial charge in [0.25, 0.3) is 5.91 Å². The van der Waals surface area contributed by atoms with Gasteiger partial charge < -0.3 is 10.2 Å². The van der Waals surface area contributed by atoms with Crippen molar-refractivity contribution < 1.29 is 13.6 Å². The Balaban J connectivity index is 1.69. The van der Waals surface area contributed by atoms with E-state index in [1.165, 1.54) is 0 Å². The smallest absolute Gasteiger partial charge is 0.273 e. The van der Waals surface area contributed by atoms with Crippen LogP contribution in [0.2, 0.25) is 0 Å². The molecule has 0 aliphatic carbocycles. The minimum Gasteiger partial charge on any atom is -0.334 e. The summed E-state index contributed by atoms with van der Waals surface area (Å²) in [6, 6.07) is 5.22. The standard InChI is InChI=1S/C15H12F2N4OS/c1-15(6-18)7-21(8-15)13(22)12-5-23-14(20-12)19-11-3-9(16)2-10(17)4-11/h2-5H,7-8H2,1H3,(H,19,20). The van der Waals surface area contributed by atoms with E-state index in [9.17, 15) is 13.6 Å². The lowest BCUT2D eigenvalue weighted by molar-refractivity contribution is 0.0364. The summed E-state index contributed by atoms with van der Waals surface area (Å²) in [6.45, 7) is 2.54. The second-order valence-corrected chi connectivity index (χ2v) is 6.51. The van der Waals surface area contributed by atoms with Crippen molar-refractivity contribution in [3.05, 3.63) is 40.9 Å². The molecule has 8 heteroatoms. The third-order valence-corrected chi connectivity index (χ3v) is 4.23. The number of nitriles is 1. The molecule has 3 rings (SSSR count). The van der Waals surface area contributed by atoms with Gasteiger partial charge in [0, 0.05) is 30.2 Å². The number of anilines is 2. The van der Waals surface area contributed by atoms with Crippen molar-refractivity contribution in [2.75, 3.05) is 18.4 Å². The molecule has 0 bridgehead atoms. The molecule has 1 aromatic heterocycles. The van der Waals surface area contributed by atoms with Crippen molar-refractivity contribution in [3.8, 4) is 6.07 Å². The Morgan fingerprint density at radius 3 is 2.65 bits per heavy atom. The van der Waals surface area contributed by atoms with Crippen molar-refractivity contribution >= 4 is 28.1 Å². The lowest BCUT2D eigenvalue weighted by Gasteiger charge is -2.42. The number of aromatic nitrogens is 1. The second kappa shape index (κ2) is 5.59. The zero-order chi connectivity index (χ0) is 16.6. The van der Waals surface area contributed by atoms with Crippen LogP contribution in [-0.4, -0.2) is 28.9 Å². The number of halogens is 2. The third-order valence-electron chi connectivity index (χ3n) is 3.47. The van der Waals surface area contributed by atoms with Gasteiger partial charge in [0.15, 0.2) is 5.13 Å². The molecule has 2 aromatic rings. The van der Waals surface area contributed by atoms with Gasteiger partial charge in [0.05, 0.1) is 11.5 Å². The van der Waals surface area contributed by atoms with E-state index in [4.69, 9.17) is 5.26 Å². The molecule has 0 atom stereocenters. The van der Waals surface area contributed by atoms with Crippen molar-refractivity contribution in [2.24, 2.45) is 5.41 Å². The molecule has 1 saturated heterocycles. The molecule has 2 heterocycles. The maximum atomic E-state index is 13.1. The van der Waals surface area contributed by atoms with Gasteiger partial charge in [-0.1, -0.05) is 0 Å². The van der Waals surface area contributed by atoms with Gasteiger partial charge in [0.1, 0.15) is 17.3 Å². The van der Waals surface area contributed by atoms with Crippen LogP contribution in [0.5, 0.6) is 0 Å². The molecule has 5 nitrogen and oxygen atoms in total. The Bertz CT molecular complexity index is 788. The van der Waals surface area contributed by atoms with Gasteiger partial charge in [-0.15, -0.1) is 11.3 Å². The van der Waals surface area contributed by atoms with Crippen LogP contribution < -0.4 is 5.32 Å². The number of rotatable bonds is 3. The first-order valence-corrected chi connectivity index (χ1v) is 7.66. The van der Waals surface area contributed by atoms with Crippen LogP contribution in [0.3, 0.4) is 0 Å². The average molecular weight is 334 g/mol. The molecule has 1 aromatic carbocycles. The van der Waals surface area contributed by atoms with Crippen molar-refractivity contribution in [3.63, 3.8) is 0 Å². The van der Waals surface area contributed by atoms with E-state index in [-0.39, 0.29) is 17.3 Å². The Morgan fingerprint density at radius 2 is 2.04 bits per heavy atom. The third kappa shape index (κ3) is 3.14. The summed E-state index contributed by atoms with van der Waals surface area (Å²) in [4.78, 5) is 17.9. The van der Waals surface area contributed by atoms with Crippen LogP contribution >= 0.6 is 11.3 Å². The quantitative estimate of drug-likeness (QED) is 0.936. The molecule has 0 spiro atoms. The molecule has 0 unspecified atom stereocenters. The molecule has 23 heavy (non-hydrogen) atoms. The van der Waals surface area contributed by atoms with Gasteiger partial charge in [-0.25, -0.2) is 13.8 Å². The minimum atomic E-state index is -0.697. The molecule has 118 valence electrons. The van der Waals surface area contributed by atoms with Gasteiger partial charge in [-0.05, 0) is 19.1 Å². The SMILES string of the molecule is CC1(C#N)CN(C(=O)c2csc(Nc3cc(F)cc(F)c3)n2)C1. The summed E-state index contributed by atoms with van der Waals surface area (Å²) in [5, 5.41) is 13.7.